The smallest absolute Gasteiger partial charge is 0.306 e. The molecule has 0 heterocycles. The van der Waals surface area contributed by atoms with E-state index in [2.05, 4.69) is 32.9 Å². The van der Waals surface area contributed by atoms with Crippen LogP contribution in [-0.4, -0.2) is 37.2 Å². The first-order valence-corrected chi connectivity index (χ1v) is 28.7. The molecule has 0 saturated heterocycles. The van der Waals surface area contributed by atoms with Gasteiger partial charge in [-0.1, -0.05) is 270 Å². The third-order valence-electron chi connectivity index (χ3n) is 13.0. The third kappa shape index (κ3) is 51.1. The minimum Gasteiger partial charge on any atom is -0.462 e. The minimum atomic E-state index is -0.767. The molecule has 0 aliphatic rings. The molecule has 0 aromatic heterocycles. The van der Waals surface area contributed by atoms with Crippen molar-refractivity contribution < 1.29 is 28.6 Å². The molecule has 6 heteroatoms. The number of unbranched alkanes of at least 4 members (excludes halogenated alkanes) is 40. The number of carbonyl (C=O) groups is 3. The highest BCUT2D eigenvalue weighted by atomic mass is 16.6. The molecule has 0 fully saturated rings. The standard InChI is InChI=1S/C58H110O6/c1-4-7-10-13-16-19-22-25-28-29-31-33-36-39-42-45-48-51-57(60)63-54-55(53-62-56(59)50-47-44-41-38-35-32-27-24-21-18-15-12-9-6-3)64-58(61)52-49-46-43-40-37-34-30-26-23-20-17-14-11-8-5-2/h24,27,55H,4-23,25-26,28-54H2,1-3H3/b27-24+/t55-/m1/s1. The van der Waals surface area contributed by atoms with E-state index >= 15 is 0 Å². The van der Waals surface area contributed by atoms with Crippen LogP contribution in [0.5, 0.6) is 0 Å². The van der Waals surface area contributed by atoms with Crippen LogP contribution in [0.15, 0.2) is 12.2 Å². The van der Waals surface area contributed by atoms with E-state index in [1.807, 2.05) is 0 Å². The number of rotatable bonds is 53. The van der Waals surface area contributed by atoms with Gasteiger partial charge in [-0.25, -0.2) is 0 Å². The zero-order valence-corrected chi connectivity index (χ0v) is 43.3. The molecule has 0 bridgehead atoms. The lowest BCUT2D eigenvalue weighted by atomic mass is 10.0. The van der Waals surface area contributed by atoms with Crippen LogP contribution >= 0.6 is 0 Å². The highest BCUT2D eigenvalue weighted by Crippen LogP contribution is 2.17. The van der Waals surface area contributed by atoms with Gasteiger partial charge in [-0.3, -0.25) is 14.4 Å². The second-order valence-electron chi connectivity index (χ2n) is 19.6. The van der Waals surface area contributed by atoms with Gasteiger partial charge in [0.25, 0.3) is 0 Å². The molecule has 0 saturated carbocycles. The number of ether oxygens (including phenoxy) is 3. The summed E-state index contributed by atoms with van der Waals surface area (Å²) in [5, 5.41) is 0. The van der Waals surface area contributed by atoms with Gasteiger partial charge in [-0.05, 0) is 44.9 Å². The fourth-order valence-corrected chi connectivity index (χ4v) is 8.68. The van der Waals surface area contributed by atoms with E-state index in [-0.39, 0.29) is 31.1 Å². The molecule has 6 nitrogen and oxygen atoms in total. The first-order valence-electron chi connectivity index (χ1n) is 28.7. The van der Waals surface area contributed by atoms with Crippen molar-refractivity contribution in [3.63, 3.8) is 0 Å². The molecule has 0 radical (unpaired) electrons. The van der Waals surface area contributed by atoms with E-state index < -0.39 is 6.10 Å². The van der Waals surface area contributed by atoms with E-state index in [0.29, 0.717) is 19.3 Å². The fraction of sp³-hybridized carbons (Fsp3) is 0.914. The summed E-state index contributed by atoms with van der Waals surface area (Å²) in [5.74, 6) is -0.851. The van der Waals surface area contributed by atoms with Gasteiger partial charge in [0.2, 0.25) is 0 Å². The Labute approximate surface area is 399 Å². The molecule has 0 aliphatic carbocycles. The summed E-state index contributed by atoms with van der Waals surface area (Å²) in [4.78, 5) is 38.1. The van der Waals surface area contributed by atoms with Gasteiger partial charge in [0, 0.05) is 19.3 Å². The largest absolute Gasteiger partial charge is 0.462 e. The predicted molar refractivity (Wildman–Crippen MR) is 275 cm³/mol. The van der Waals surface area contributed by atoms with Crippen LogP contribution in [-0.2, 0) is 28.6 Å². The number of esters is 3. The summed E-state index contributed by atoms with van der Waals surface area (Å²) in [5.41, 5.74) is 0. The molecule has 378 valence electrons. The molecule has 0 spiro atoms. The van der Waals surface area contributed by atoms with Crippen molar-refractivity contribution in [3.8, 4) is 0 Å². The molecular weight excluding hydrogens is 793 g/mol. The molecule has 0 unspecified atom stereocenters. The first kappa shape index (κ1) is 62.1. The number of hydrogen-bond donors (Lipinski definition) is 0. The summed E-state index contributed by atoms with van der Waals surface area (Å²) in [6.07, 6.45) is 60.5. The van der Waals surface area contributed by atoms with Crippen LogP contribution < -0.4 is 0 Å². The van der Waals surface area contributed by atoms with Gasteiger partial charge in [0.15, 0.2) is 6.10 Å². The second-order valence-corrected chi connectivity index (χ2v) is 19.6. The molecule has 64 heavy (non-hydrogen) atoms. The number of hydrogen-bond acceptors (Lipinski definition) is 6. The van der Waals surface area contributed by atoms with Gasteiger partial charge >= 0.3 is 17.9 Å². The summed E-state index contributed by atoms with van der Waals surface area (Å²) in [7, 11) is 0. The molecule has 0 amide bonds. The lowest BCUT2D eigenvalue weighted by molar-refractivity contribution is -0.167. The molecule has 0 aromatic carbocycles. The van der Waals surface area contributed by atoms with Crippen molar-refractivity contribution in [1.29, 1.82) is 0 Å². The van der Waals surface area contributed by atoms with Crippen LogP contribution in [0.3, 0.4) is 0 Å². The monoisotopic (exact) mass is 903 g/mol. The Balaban J connectivity index is 4.31. The number of carbonyl (C=O) groups excluding carboxylic acids is 3. The average Bonchev–Trinajstić information content (AvgIpc) is 3.29. The molecule has 0 aromatic rings. The van der Waals surface area contributed by atoms with Crippen molar-refractivity contribution in [2.45, 2.75) is 329 Å². The summed E-state index contributed by atoms with van der Waals surface area (Å²) in [6, 6.07) is 0. The van der Waals surface area contributed by atoms with E-state index in [4.69, 9.17) is 14.2 Å². The van der Waals surface area contributed by atoms with Crippen molar-refractivity contribution in [3.05, 3.63) is 12.2 Å². The van der Waals surface area contributed by atoms with Gasteiger partial charge in [0.05, 0.1) is 0 Å². The summed E-state index contributed by atoms with van der Waals surface area (Å²) in [6.45, 7) is 6.68. The van der Waals surface area contributed by atoms with Gasteiger partial charge < -0.3 is 14.2 Å². The van der Waals surface area contributed by atoms with Crippen LogP contribution in [0.1, 0.15) is 323 Å². The Hall–Kier alpha value is -1.85. The highest BCUT2D eigenvalue weighted by molar-refractivity contribution is 5.71. The van der Waals surface area contributed by atoms with Crippen LogP contribution in [0.2, 0.25) is 0 Å². The van der Waals surface area contributed by atoms with Crippen LogP contribution in [0.25, 0.3) is 0 Å². The molecule has 0 aliphatic heterocycles. The van der Waals surface area contributed by atoms with Crippen LogP contribution in [0.4, 0.5) is 0 Å². The maximum Gasteiger partial charge on any atom is 0.306 e. The van der Waals surface area contributed by atoms with Gasteiger partial charge in [-0.2, -0.15) is 0 Å². The third-order valence-corrected chi connectivity index (χ3v) is 13.0. The molecule has 1 atom stereocenters. The Kier molecular flexibility index (Phi) is 52.2. The SMILES string of the molecule is CCCCCCC/C=C/CCCCCCCC(=O)OC[C@H](COC(=O)CCCCCCCCCCCCCCCCCCC)OC(=O)CCCCCCCCCCCCCCCCC. The van der Waals surface area contributed by atoms with Crippen molar-refractivity contribution >= 4 is 17.9 Å². The van der Waals surface area contributed by atoms with E-state index in [1.54, 1.807) is 0 Å². The van der Waals surface area contributed by atoms with Crippen molar-refractivity contribution in [2.24, 2.45) is 0 Å². The van der Waals surface area contributed by atoms with Crippen LogP contribution in [0, 0.1) is 0 Å². The Morgan fingerprint density at radius 1 is 0.297 bits per heavy atom. The van der Waals surface area contributed by atoms with E-state index in [1.165, 1.54) is 218 Å². The highest BCUT2D eigenvalue weighted by Gasteiger charge is 2.19. The Bertz CT molecular complexity index is 993. The molecular formula is C58H110O6. The fourth-order valence-electron chi connectivity index (χ4n) is 8.68. The lowest BCUT2D eigenvalue weighted by Gasteiger charge is -2.18. The molecule has 0 N–H and O–H groups in total. The predicted octanol–water partition coefficient (Wildman–Crippen LogP) is 18.9. The van der Waals surface area contributed by atoms with Crippen molar-refractivity contribution in [2.75, 3.05) is 13.2 Å². The topological polar surface area (TPSA) is 78.9 Å². The first-order chi connectivity index (χ1) is 31.5. The Morgan fingerprint density at radius 2 is 0.516 bits per heavy atom. The van der Waals surface area contributed by atoms with E-state index in [9.17, 15) is 14.4 Å². The zero-order chi connectivity index (χ0) is 46.5. The van der Waals surface area contributed by atoms with E-state index in [0.717, 1.165) is 64.2 Å². The maximum absolute atomic E-state index is 12.8. The maximum atomic E-state index is 12.8. The number of allylic oxidation sites excluding steroid dienone is 2. The normalized spacial score (nSPS) is 12.0. The summed E-state index contributed by atoms with van der Waals surface area (Å²) < 4.78 is 16.9. The second kappa shape index (κ2) is 53.8. The lowest BCUT2D eigenvalue weighted by Crippen LogP contribution is -2.30. The van der Waals surface area contributed by atoms with Crippen molar-refractivity contribution in [1.82, 2.24) is 0 Å². The zero-order valence-electron chi connectivity index (χ0n) is 43.3. The average molecular weight is 904 g/mol. The molecule has 0 rings (SSSR count). The Morgan fingerprint density at radius 3 is 0.781 bits per heavy atom. The van der Waals surface area contributed by atoms with Gasteiger partial charge in [-0.15, -0.1) is 0 Å². The van der Waals surface area contributed by atoms with Gasteiger partial charge in [0.1, 0.15) is 13.2 Å². The summed E-state index contributed by atoms with van der Waals surface area (Å²) >= 11 is 0. The minimum absolute atomic E-state index is 0.0665. The quantitative estimate of drug-likeness (QED) is 0.0262.